The summed E-state index contributed by atoms with van der Waals surface area (Å²) in [6, 6.07) is 9.85. The molecule has 186 valence electrons. The van der Waals surface area contributed by atoms with Gasteiger partial charge in [-0.25, -0.2) is 4.98 Å². The highest BCUT2D eigenvalue weighted by Gasteiger charge is 2.37. The summed E-state index contributed by atoms with van der Waals surface area (Å²) in [7, 11) is 0. The molecule has 0 unspecified atom stereocenters. The number of Topliss-reactive ketones (excluding diaryl/α,β-unsaturated/α-hetero) is 1. The third-order valence-corrected chi connectivity index (χ3v) is 7.36. The minimum atomic E-state index is -0.794. The van der Waals surface area contributed by atoms with Crippen LogP contribution < -0.4 is 0 Å². The zero-order valence-corrected chi connectivity index (χ0v) is 22.1. The highest BCUT2D eigenvalue weighted by atomic mass is 35.5. The second-order valence-corrected chi connectivity index (χ2v) is 11.0. The fourth-order valence-electron chi connectivity index (χ4n) is 4.70. The summed E-state index contributed by atoms with van der Waals surface area (Å²) in [4.78, 5) is 31.6. The van der Waals surface area contributed by atoms with E-state index in [1.54, 1.807) is 0 Å². The maximum Gasteiger partial charge on any atom is 0.311 e. The third-order valence-electron chi connectivity index (χ3n) is 7.11. The van der Waals surface area contributed by atoms with E-state index in [9.17, 15) is 9.59 Å². The Hall–Kier alpha value is -2.66. The van der Waals surface area contributed by atoms with Crippen molar-refractivity contribution in [3.8, 4) is 0 Å². The molecule has 6 heteroatoms. The van der Waals surface area contributed by atoms with Gasteiger partial charge in [0.2, 0.25) is 0 Å². The SMILES string of the molecule is CCOC(=O)C(C)(C)Cc1c(C(=O)C2CCC2)c2cc(C(C)C)cnc2n1Cc1ccc(Cl)cc1. The van der Waals surface area contributed by atoms with Crippen LogP contribution >= 0.6 is 11.6 Å². The zero-order chi connectivity index (χ0) is 25.3. The molecule has 2 aromatic heterocycles. The van der Waals surface area contributed by atoms with Crippen molar-refractivity contribution in [3.63, 3.8) is 0 Å². The number of halogens is 1. The molecule has 35 heavy (non-hydrogen) atoms. The molecule has 0 aliphatic heterocycles. The van der Waals surface area contributed by atoms with Gasteiger partial charge >= 0.3 is 5.97 Å². The predicted molar refractivity (Wildman–Crippen MR) is 140 cm³/mol. The summed E-state index contributed by atoms with van der Waals surface area (Å²) < 4.78 is 7.51. The van der Waals surface area contributed by atoms with Gasteiger partial charge in [-0.1, -0.05) is 44.0 Å². The van der Waals surface area contributed by atoms with Crippen molar-refractivity contribution in [2.24, 2.45) is 11.3 Å². The number of rotatable bonds is 9. The molecular weight excluding hydrogens is 460 g/mol. The average Bonchev–Trinajstić information content (AvgIpc) is 3.05. The molecule has 1 aliphatic rings. The number of esters is 1. The number of ketones is 1. The lowest BCUT2D eigenvalue weighted by Crippen LogP contribution is -2.31. The molecule has 1 saturated carbocycles. The van der Waals surface area contributed by atoms with Gasteiger partial charge in [0.15, 0.2) is 5.78 Å². The third kappa shape index (κ3) is 5.16. The van der Waals surface area contributed by atoms with Gasteiger partial charge in [0.1, 0.15) is 5.65 Å². The first kappa shape index (κ1) is 25.4. The Kier molecular flexibility index (Phi) is 7.37. The van der Waals surface area contributed by atoms with Crippen LogP contribution in [-0.4, -0.2) is 27.9 Å². The van der Waals surface area contributed by atoms with Gasteiger partial charge in [0.05, 0.1) is 12.0 Å². The number of ether oxygens (including phenoxy) is 1. The minimum absolute atomic E-state index is 0.0387. The molecule has 1 aliphatic carbocycles. The molecule has 0 amide bonds. The smallest absolute Gasteiger partial charge is 0.311 e. The standard InChI is InChI=1S/C29H35ClN2O3/c1-6-35-28(34)29(4,5)15-24-25(26(33)20-8-7-9-20)23-14-21(18(2)3)16-31-27(23)32(24)17-19-10-12-22(30)13-11-19/h10-14,16,18,20H,6-9,15,17H2,1-5H3. The maximum atomic E-state index is 13.9. The van der Waals surface area contributed by atoms with E-state index in [-0.39, 0.29) is 23.6 Å². The summed E-state index contributed by atoms with van der Waals surface area (Å²) in [5.41, 5.74) is 3.72. The van der Waals surface area contributed by atoms with Gasteiger partial charge in [-0.05, 0) is 68.9 Å². The largest absolute Gasteiger partial charge is 0.466 e. The summed E-state index contributed by atoms with van der Waals surface area (Å²) in [6.45, 7) is 10.7. The molecule has 1 aromatic carbocycles. The number of carbonyl (C=O) groups is 2. The van der Waals surface area contributed by atoms with Crippen molar-refractivity contribution in [1.82, 2.24) is 9.55 Å². The highest BCUT2D eigenvalue weighted by Crippen LogP contribution is 2.38. The quantitative estimate of drug-likeness (QED) is 0.238. The molecule has 0 radical (unpaired) electrons. The molecule has 5 nitrogen and oxygen atoms in total. The van der Waals surface area contributed by atoms with Crippen LogP contribution in [0, 0.1) is 11.3 Å². The highest BCUT2D eigenvalue weighted by molar-refractivity contribution is 6.30. The van der Waals surface area contributed by atoms with Gasteiger partial charge in [-0.15, -0.1) is 0 Å². The van der Waals surface area contributed by atoms with Crippen LogP contribution in [0.1, 0.15) is 87.0 Å². The minimum Gasteiger partial charge on any atom is -0.466 e. The van der Waals surface area contributed by atoms with Crippen LogP contribution in [-0.2, 0) is 22.5 Å². The van der Waals surface area contributed by atoms with Crippen molar-refractivity contribution >= 4 is 34.4 Å². The second-order valence-electron chi connectivity index (χ2n) is 10.6. The summed E-state index contributed by atoms with van der Waals surface area (Å²) >= 11 is 6.13. The Labute approximate surface area is 212 Å². The Morgan fingerprint density at radius 2 is 1.89 bits per heavy atom. The van der Waals surface area contributed by atoms with Gasteiger partial charge in [-0.2, -0.15) is 0 Å². The fourth-order valence-corrected chi connectivity index (χ4v) is 4.83. The number of hydrogen-bond acceptors (Lipinski definition) is 4. The topological polar surface area (TPSA) is 61.2 Å². The maximum absolute atomic E-state index is 13.9. The molecule has 0 saturated heterocycles. The molecule has 0 bridgehead atoms. The molecule has 0 atom stereocenters. The van der Waals surface area contributed by atoms with E-state index in [1.165, 1.54) is 0 Å². The first-order chi connectivity index (χ1) is 16.6. The first-order valence-corrected chi connectivity index (χ1v) is 13.0. The Balaban J connectivity index is 1.94. The Morgan fingerprint density at radius 3 is 2.46 bits per heavy atom. The molecule has 3 aromatic rings. The van der Waals surface area contributed by atoms with E-state index < -0.39 is 5.41 Å². The number of fused-ring (bicyclic) bond motifs is 1. The first-order valence-electron chi connectivity index (χ1n) is 12.6. The normalized spacial score (nSPS) is 14.4. The van der Waals surface area contributed by atoms with Crippen LogP contribution in [0.25, 0.3) is 11.0 Å². The van der Waals surface area contributed by atoms with Crippen molar-refractivity contribution < 1.29 is 14.3 Å². The van der Waals surface area contributed by atoms with Crippen LogP contribution in [0.4, 0.5) is 0 Å². The lowest BCUT2D eigenvalue weighted by atomic mass is 9.78. The monoisotopic (exact) mass is 494 g/mol. The number of benzene rings is 1. The number of aromatic nitrogens is 2. The molecule has 0 spiro atoms. The van der Waals surface area contributed by atoms with Gasteiger partial charge in [0, 0.05) is 46.7 Å². The van der Waals surface area contributed by atoms with Crippen LogP contribution in [0.15, 0.2) is 36.5 Å². The second kappa shape index (κ2) is 10.1. The van der Waals surface area contributed by atoms with Crippen LogP contribution in [0.2, 0.25) is 5.02 Å². The molecule has 2 heterocycles. The molecule has 4 rings (SSSR count). The van der Waals surface area contributed by atoms with Gasteiger partial charge in [0.25, 0.3) is 0 Å². The van der Waals surface area contributed by atoms with E-state index in [2.05, 4.69) is 24.5 Å². The van der Waals surface area contributed by atoms with Crippen molar-refractivity contribution in [2.45, 2.75) is 72.8 Å². The Morgan fingerprint density at radius 1 is 1.20 bits per heavy atom. The predicted octanol–water partition coefficient (Wildman–Crippen LogP) is 6.98. The van der Waals surface area contributed by atoms with E-state index in [0.717, 1.165) is 52.7 Å². The van der Waals surface area contributed by atoms with E-state index in [0.29, 0.717) is 24.6 Å². The Bertz CT molecular complexity index is 1240. The van der Waals surface area contributed by atoms with Crippen LogP contribution in [0.5, 0.6) is 0 Å². The van der Waals surface area contributed by atoms with Gasteiger partial charge < -0.3 is 9.30 Å². The summed E-state index contributed by atoms with van der Waals surface area (Å²) in [6.07, 6.45) is 5.21. The number of nitrogens with zero attached hydrogens (tertiary/aromatic N) is 2. The van der Waals surface area contributed by atoms with E-state index in [4.69, 9.17) is 21.3 Å². The van der Waals surface area contributed by atoms with Crippen molar-refractivity contribution in [2.75, 3.05) is 6.61 Å². The zero-order valence-electron chi connectivity index (χ0n) is 21.4. The molecule has 0 N–H and O–H groups in total. The molecule has 1 fully saturated rings. The van der Waals surface area contributed by atoms with Crippen molar-refractivity contribution in [3.05, 3.63) is 63.9 Å². The number of pyridine rings is 1. The lowest BCUT2D eigenvalue weighted by molar-refractivity contribution is -0.153. The fraction of sp³-hybridized carbons (Fsp3) is 0.483. The van der Waals surface area contributed by atoms with E-state index in [1.807, 2.05) is 51.2 Å². The number of carbonyl (C=O) groups excluding carboxylic acids is 2. The summed E-state index contributed by atoms with van der Waals surface area (Å²) in [5.74, 6) is 0.240. The van der Waals surface area contributed by atoms with Crippen molar-refractivity contribution in [1.29, 1.82) is 0 Å². The van der Waals surface area contributed by atoms with E-state index >= 15 is 0 Å². The number of hydrogen-bond donors (Lipinski definition) is 0. The molecular formula is C29H35ClN2O3. The van der Waals surface area contributed by atoms with Crippen LogP contribution in [0.3, 0.4) is 0 Å². The van der Waals surface area contributed by atoms with Gasteiger partial charge in [-0.3, -0.25) is 9.59 Å². The summed E-state index contributed by atoms with van der Waals surface area (Å²) in [5, 5.41) is 1.56. The average molecular weight is 495 g/mol. The lowest BCUT2D eigenvalue weighted by Gasteiger charge is -2.27.